The Balaban J connectivity index is 1.70. The van der Waals surface area contributed by atoms with Gasteiger partial charge in [-0.3, -0.25) is 4.79 Å². The molecule has 166 valence electrons. The van der Waals surface area contributed by atoms with Crippen molar-refractivity contribution in [3.05, 3.63) is 63.7 Å². The van der Waals surface area contributed by atoms with Gasteiger partial charge in [-0.15, -0.1) is 0 Å². The number of hydrogen-bond donors (Lipinski definition) is 0. The van der Waals surface area contributed by atoms with Gasteiger partial charge in [0.2, 0.25) is 0 Å². The Kier molecular flexibility index (Phi) is 8.55. The maximum absolute atomic E-state index is 13.8. The minimum absolute atomic E-state index is 0.0809. The second-order valence-electron chi connectivity index (χ2n) is 5.84. The molecule has 9 nitrogen and oxygen atoms in total. The SMILES string of the molecule is C=C1C=CC(=O)N1CCOCCOCCOC(=O)c1c(F)c(F)c(N=[N+]=[N-])c(F)c1F. The number of benzene rings is 1. The molecule has 1 aliphatic heterocycles. The molecule has 1 aromatic carbocycles. The lowest BCUT2D eigenvalue weighted by atomic mass is 10.1. The van der Waals surface area contributed by atoms with E-state index in [0.29, 0.717) is 12.2 Å². The van der Waals surface area contributed by atoms with Gasteiger partial charge in [-0.25, -0.2) is 22.4 Å². The molecule has 0 aliphatic carbocycles. The predicted octanol–water partition coefficient (Wildman–Crippen LogP) is 3.29. The number of esters is 1. The van der Waals surface area contributed by atoms with E-state index in [1.54, 1.807) is 6.08 Å². The lowest BCUT2D eigenvalue weighted by Gasteiger charge is -2.16. The van der Waals surface area contributed by atoms with Gasteiger partial charge < -0.3 is 19.1 Å². The molecule has 1 heterocycles. The summed E-state index contributed by atoms with van der Waals surface area (Å²) in [5.74, 6) is -9.99. The van der Waals surface area contributed by atoms with E-state index in [-0.39, 0.29) is 32.3 Å². The van der Waals surface area contributed by atoms with Crippen LogP contribution in [0.3, 0.4) is 0 Å². The van der Waals surface area contributed by atoms with Crippen LogP contribution in [0.5, 0.6) is 0 Å². The molecule has 0 radical (unpaired) electrons. The first kappa shape index (κ1) is 23.9. The molecule has 1 amide bonds. The third-order valence-electron chi connectivity index (χ3n) is 3.91. The molecule has 0 aromatic heterocycles. The maximum atomic E-state index is 13.8. The number of hydrogen-bond acceptors (Lipinski definition) is 6. The molecule has 2 rings (SSSR count). The van der Waals surface area contributed by atoms with Crippen molar-refractivity contribution in [2.45, 2.75) is 0 Å². The number of carbonyl (C=O) groups excluding carboxylic acids is 2. The van der Waals surface area contributed by atoms with Crippen molar-refractivity contribution in [2.24, 2.45) is 5.11 Å². The van der Waals surface area contributed by atoms with Crippen molar-refractivity contribution in [1.82, 2.24) is 4.90 Å². The minimum atomic E-state index is -2.05. The standard InChI is InChI=1S/C18H16F4N4O5/c1-10-2-3-11(27)26(10)4-5-29-6-7-30-8-9-31-18(28)12-13(19)15(21)17(24-25-23)16(22)14(12)20/h2-3H,1,4-9H2. The van der Waals surface area contributed by atoms with Crippen molar-refractivity contribution in [2.75, 3.05) is 39.6 Å². The van der Waals surface area contributed by atoms with Crippen LogP contribution in [-0.2, 0) is 19.0 Å². The summed E-state index contributed by atoms with van der Waals surface area (Å²) in [7, 11) is 0. The summed E-state index contributed by atoms with van der Waals surface area (Å²) in [4.78, 5) is 26.7. The zero-order valence-corrected chi connectivity index (χ0v) is 15.9. The van der Waals surface area contributed by atoms with Crippen LogP contribution in [0.4, 0.5) is 23.2 Å². The van der Waals surface area contributed by atoms with Crippen LogP contribution in [0.25, 0.3) is 10.4 Å². The lowest BCUT2D eigenvalue weighted by molar-refractivity contribution is -0.123. The summed E-state index contributed by atoms with van der Waals surface area (Å²) in [6.07, 6.45) is 2.98. The molecule has 13 heteroatoms. The van der Waals surface area contributed by atoms with Crippen LogP contribution >= 0.6 is 0 Å². The molecule has 0 fully saturated rings. The summed E-state index contributed by atoms with van der Waals surface area (Å²) in [6, 6.07) is 0. The van der Waals surface area contributed by atoms with Crippen LogP contribution in [0.1, 0.15) is 10.4 Å². The summed E-state index contributed by atoms with van der Waals surface area (Å²) in [5, 5.41) is 2.51. The predicted molar refractivity (Wildman–Crippen MR) is 97.0 cm³/mol. The number of nitrogens with zero attached hydrogens (tertiary/aromatic N) is 4. The fourth-order valence-corrected chi connectivity index (χ4v) is 2.42. The van der Waals surface area contributed by atoms with E-state index in [1.165, 1.54) is 11.0 Å². The van der Waals surface area contributed by atoms with E-state index in [9.17, 15) is 27.2 Å². The number of amides is 1. The highest BCUT2D eigenvalue weighted by molar-refractivity contribution is 5.93. The molecule has 1 aromatic rings. The Morgan fingerprint density at radius 1 is 1.00 bits per heavy atom. The van der Waals surface area contributed by atoms with Gasteiger partial charge in [-0.05, 0) is 11.6 Å². The van der Waals surface area contributed by atoms with Gasteiger partial charge in [-0.2, -0.15) is 0 Å². The van der Waals surface area contributed by atoms with Gasteiger partial charge in [-0.1, -0.05) is 11.7 Å². The molecule has 0 unspecified atom stereocenters. The molecule has 1 aliphatic rings. The molecule has 0 spiro atoms. The summed E-state index contributed by atoms with van der Waals surface area (Å²) < 4.78 is 69.9. The Morgan fingerprint density at radius 3 is 2.13 bits per heavy atom. The van der Waals surface area contributed by atoms with E-state index in [1.807, 2.05) is 0 Å². The van der Waals surface area contributed by atoms with Gasteiger partial charge in [0.1, 0.15) is 17.9 Å². The summed E-state index contributed by atoms with van der Waals surface area (Å²) >= 11 is 0. The molecule has 0 saturated heterocycles. The van der Waals surface area contributed by atoms with Gasteiger partial charge in [0, 0.05) is 23.2 Å². The van der Waals surface area contributed by atoms with Crippen LogP contribution < -0.4 is 0 Å². The fraction of sp³-hybridized carbons (Fsp3) is 0.333. The number of carbonyl (C=O) groups is 2. The first-order valence-corrected chi connectivity index (χ1v) is 8.71. The number of ether oxygens (including phenoxy) is 3. The fourth-order valence-electron chi connectivity index (χ4n) is 2.42. The molecule has 0 saturated carbocycles. The zero-order valence-electron chi connectivity index (χ0n) is 15.9. The zero-order chi connectivity index (χ0) is 23.0. The van der Waals surface area contributed by atoms with Crippen molar-refractivity contribution in [3.63, 3.8) is 0 Å². The topological polar surface area (TPSA) is 114 Å². The normalized spacial score (nSPS) is 13.0. The van der Waals surface area contributed by atoms with Crippen LogP contribution in [0.2, 0.25) is 0 Å². The second kappa shape index (κ2) is 11.1. The minimum Gasteiger partial charge on any atom is -0.459 e. The molecule has 31 heavy (non-hydrogen) atoms. The van der Waals surface area contributed by atoms with Crippen LogP contribution in [0.15, 0.2) is 29.5 Å². The highest BCUT2D eigenvalue weighted by Gasteiger charge is 2.29. The highest BCUT2D eigenvalue weighted by atomic mass is 19.2. The van der Waals surface area contributed by atoms with E-state index in [0.717, 1.165) is 0 Å². The number of halogens is 4. The maximum Gasteiger partial charge on any atom is 0.344 e. The number of rotatable bonds is 11. The van der Waals surface area contributed by atoms with E-state index >= 15 is 0 Å². The Labute approximate surface area is 173 Å². The van der Waals surface area contributed by atoms with Gasteiger partial charge >= 0.3 is 5.97 Å². The van der Waals surface area contributed by atoms with E-state index in [2.05, 4.69) is 21.3 Å². The molecular weight excluding hydrogens is 428 g/mol. The molecule has 0 bridgehead atoms. The quantitative estimate of drug-likeness (QED) is 0.0989. The van der Waals surface area contributed by atoms with Crippen molar-refractivity contribution in [3.8, 4) is 0 Å². The number of azide groups is 1. The number of allylic oxidation sites excluding steroid dienone is 1. The summed E-state index contributed by atoms with van der Waals surface area (Å²) in [6.45, 7) is 3.81. The van der Waals surface area contributed by atoms with Crippen LogP contribution in [0, 0.1) is 23.3 Å². The first-order valence-electron chi connectivity index (χ1n) is 8.71. The Morgan fingerprint density at radius 2 is 1.58 bits per heavy atom. The molecular formula is C18H16F4N4O5. The third-order valence-corrected chi connectivity index (χ3v) is 3.91. The monoisotopic (exact) mass is 444 g/mol. The van der Waals surface area contributed by atoms with Gasteiger partial charge in [0.05, 0.1) is 26.4 Å². The second-order valence-corrected chi connectivity index (χ2v) is 5.84. The average molecular weight is 444 g/mol. The van der Waals surface area contributed by atoms with Gasteiger partial charge in [0.25, 0.3) is 5.91 Å². The smallest absolute Gasteiger partial charge is 0.344 e. The molecule has 0 atom stereocenters. The first-order chi connectivity index (χ1) is 14.8. The lowest BCUT2D eigenvalue weighted by Crippen LogP contribution is -2.28. The largest absolute Gasteiger partial charge is 0.459 e. The third kappa shape index (κ3) is 5.81. The Hall–Kier alpha value is -3.41. The summed E-state index contributed by atoms with van der Waals surface area (Å²) in [5.41, 5.74) is 5.61. The highest BCUT2D eigenvalue weighted by Crippen LogP contribution is 2.30. The van der Waals surface area contributed by atoms with E-state index in [4.69, 9.17) is 15.0 Å². The van der Waals surface area contributed by atoms with Crippen molar-refractivity contribution in [1.29, 1.82) is 0 Å². The van der Waals surface area contributed by atoms with E-state index < -0.39 is 47.1 Å². The van der Waals surface area contributed by atoms with Gasteiger partial charge in [0.15, 0.2) is 23.3 Å². The van der Waals surface area contributed by atoms with Crippen molar-refractivity contribution >= 4 is 17.6 Å². The molecule has 0 N–H and O–H groups in total. The Bertz CT molecular complexity index is 916. The average Bonchev–Trinajstić information content (AvgIpc) is 3.06. The van der Waals surface area contributed by atoms with Crippen molar-refractivity contribution < 1.29 is 41.4 Å². The van der Waals surface area contributed by atoms with Crippen LogP contribution in [-0.4, -0.2) is 56.4 Å².